The fraction of sp³-hybridized carbons (Fsp3) is 0.333. The van der Waals surface area contributed by atoms with E-state index < -0.39 is 6.10 Å². The van der Waals surface area contributed by atoms with Crippen LogP contribution in [0.15, 0.2) is 42.5 Å². The molecule has 0 amide bonds. The van der Waals surface area contributed by atoms with Crippen LogP contribution in [-0.4, -0.2) is 25.8 Å². The molecule has 2 aromatic carbocycles. The monoisotopic (exact) mass is 285 g/mol. The number of anilines is 1. The zero-order valence-corrected chi connectivity index (χ0v) is 13.1. The van der Waals surface area contributed by atoms with Gasteiger partial charge in [0, 0.05) is 25.3 Å². The van der Waals surface area contributed by atoms with Crippen molar-refractivity contribution in [1.29, 1.82) is 0 Å². The molecule has 0 aromatic heterocycles. The van der Waals surface area contributed by atoms with Crippen molar-refractivity contribution in [2.75, 3.05) is 25.6 Å². The van der Waals surface area contributed by atoms with Crippen LogP contribution in [0, 0.1) is 13.8 Å². The molecule has 2 rings (SSSR count). The number of aryl methyl sites for hydroxylation is 2. The van der Waals surface area contributed by atoms with E-state index in [9.17, 15) is 5.11 Å². The van der Waals surface area contributed by atoms with Gasteiger partial charge in [0.2, 0.25) is 0 Å². The van der Waals surface area contributed by atoms with Crippen molar-refractivity contribution in [2.45, 2.75) is 20.0 Å². The molecule has 1 N–H and O–H groups in total. The second kappa shape index (κ2) is 6.64. The van der Waals surface area contributed by atoms with Crippen LogP contribution in [0.4, 0.5) is 5.69 Å². The minimum absolute atomic E-state index is 0.514. The highest BCUT2D eigenvalue weighted by molar-refractivity contribution is 5.50. The number of aliphatic hydroxyl groups excluding tert-OH is 1. The summed E-state index contributed by atoms with van der Waals surface area (Å²) in [5, 5.41) is 10.5. The summed E-state index contributed by atoms with van der Waals surface area (Å²) in [7, 11) is 3.63. The highest BCUT2D eigenvalue weighted by atomic mass is 16.5. The van der Waals surface area contributed by atoms with Crippen LogP contribution in [0.25, 0.3) is 0 Å². The largest absolute Gasteiger partial charge is 0.497 e. The van der Waals surface area contributed by atoms with E-state index in [0.717, 1.165) is 17.0 Å². The zero-order valence-electron chi connectivity index (χ0n) is 13.1. The van der Waals surface area contributed by atoms with Gasteiger partial charge in [-0.05, 0) is 31.5 Å². The number of hydrogen-bond acceptors (Lipinski definition) is 3. The molecule has 0 saturated carbocycles. The van der Waals surface area contributed by atoms with E-state index in [-0.39, 0.29) is 0 Å². The van der Waals surface area contributed by atoms with E-state index in [1.54, 1.807) is 7.11 Å². The van der Waals surface area contributed by atoms with Gasteiger partial charge in [0.1, 0.15) is 5.75 Å². The molecule has 0 spiro atoms. The van der Waals surface area contributed by atoms with Gasteiger partial charge in [0.05, 0.1) is 13.2 Å². The maximum absolute atomic E-state index is 10.5. The lowest BCUT2D eigenvalue weighted by Crippen LogP contribution is -2.24. The Morgan fingerprint density at radius 1 is 1.10 bits per heavy atom. The number of hydrogen-bond donors (Lipinski definition) is 1. The molecule has 0 heterocycles. The molecule has 0 fully saturated rings. The average molecular weight is 285 g/mol. The molecule has 112 valence electrons. The summed E-state index contributed by atoms with van der Waals surface area (Å²) in [4.78, 5) is 2.03. The normalized spacial score (nSPS) is 12.0. The molecule has 3 nitrogen and oxygen atoms in total. The molecule has 21 heavy (non-hydrogen) atoms. The first-order valence-electron chi connectivity index (χ1n) is 7.11. The number of rotatable bonds is 5. The molecule has 0 radical (unpaired) electrons. The number of methoxy groups -OCH3 is 1. The van der Waals surface area contributed by atoms with Crippen LogP contribution in [0.3, 0.4) is 0 Å². The topological polar surface area (TPSA) is 32.7 Å². The van der Waals surface area contributed by atoms with Gasteiger partial charge in [0.25, 0.3) is 0 Å². The summed E-state index contributed by atoms with van der Waals surface area (Å²) < 4.78 is 5.24. The number of aliphatic hydroxyl groups is 1. The molecule has 0 saturated heterocycles. The van der Waals surface area contributed by atoms with E-state index >= 15 is 0 Å². The lowest BCUT2D eigenvalue weighted by Gasteiger charge is -2.23. The van der Waals surface area contributed by atoms with Gasteiger partial charge >= 0.3 is 0 Å². The summed E-state index contributed by atoms with van der Waals surface area (Å²) in [6.45, 7) is 4.64. The Morgan fingerprint density at radius 3 is 2.38 bits per heavy atom. The fourth-order valence-electron chi connectivity index (χ4n) is 2.52. The lowest BCUT2D eigenvalue weighted by molar-refractivity contribution is 0.185. The first-order valence-corrected chi connectivity index (χ1v) is 7.11. The summed E-state index contributed by atoms with van der Waals surface area (Å²) in [6.07, 6.45) is -0.514. The Balaban J connectivity index is 2.12. The van der Waals surface area contributed by atoms with Gasteiger partial charge in [-0.2, -0.15) is 0 Å². The molecule has 0 aliphatic carbocycles. The molecule has 0 aliphatic rings. The third-order valence-electron chi connectivity index (χ3n) is 3.57. The van der Waals surface area contributed by atoms with Crippen molar-refractivity contribution < 1.29 is 9.84 Å². The second-order valence-electron chi connectivity index (χ2n) is 5.52. The number of likely N-dealkylation sites (N-methyl/N-ethyl adjacent to an activating group) is 1. The lowest BCUT2D eigenvalue weighted by atomic mass is 10.0. The Morgan fingerprint density at radius 2 is 1.76 bits per heavy atom. The summed E-state index contributed by atoms with van der Waals surface area (Å²) in [5.41, 5.74) is 4.33. The highest BCUT2D eigenvalue weighted by Gasteiger charge is 2.12. The Kier molecular flexibility index (Phi) is 4.86. The predicted octanol–water partition coefficient (Wildman–Crippen LogP) is 3.48. The van der Waals surface area contributed by atoms with Crippen LogP contribution < -0.4 is 9.64 Å². The van der Waals surface area contributed by atoms with E-state index in [1.807, 2.05) is 48.3 Å². The smallest absolute Gasteiger partial charge is 0.120 e. The Labute approximate surface area is 126 Å². The summed E-state index contributed by atoms with van der Waals surface area (Å²) in [5.74, 6) is 0.820. The van der Waals surface area contributed by atoms with Crippen molar-refractivity contribution in [3.63, 3.8) is 0 Å². The molecular formula is C18H23NO2. The van der Waals surface area contributed by atoms with Crippen LogP contribution in [0.1, 0.15) is 22.8 Å². The van der Waals surface area contributed by atoms with Crippen LogP contribution >= 0.6 is 0 Å². The second-order valence-corrected chi connectivity index (χ2v) is 5.52. The minimum atomic E-state index is -0.514. The highest BCUT2D eigenvalue weighted by Crippen LogP contribution is 2.23. The summed E-state index contributed by atoms with van der Waals surface area (Å²) in [6, 6.07) is 14.0. The molecule has 2 aromatic rings. The van der Waals surface area contributed by atoms with Gasteiger partial charge in [-0.1, -0.05) is 35.4 Å². The van der Waals surface area contributed by atoms with Crippen LogP contribution in [0.5, 0.6) is 5.75 Å². The fourth-order valence-corrected chi connectivity index (χ4v) is 2.52. The minimum Gasteiger partial charge on any atom is -0.497 e. The standard InChI is InChI=1S/C18H23NO2/c1-13-8-14(2)10-15(9-13)18(20)12-19(3)16-6-5-7-17(11-16)21-4/h5-11,18,20H,12H2,1-4H3. The van der Waals surface area contributed by atoms with E-state index in [2.05, 4.69) is 19.9 Å². The van der Waals surface area contributed by atoms with Crippen molar-refractivity contribution in [2.24, 2.45) is 0 Å². The average Bonchev–Trinajstić information content (AvgIpc) is 2.46. The molecule has 1 unspecified atom stereocenters. The molecule has 3 heteroatoms. The van der Waals surface area contributed by atoms with Crippen LogP contribution in [-0.2, 0) is 0 Å². The summed E-state index contributed by atoms with van der Waals surface area (Å²) >= 11 is 0. The molecule has 0 aliphatic heterocycles. The zero-order chi connectivity index (χ0) is 15.4. The van der Waals surface area contributed by atoms with Gasteiger partial charge < -0.3 is 14.7 Å². The predicted molar refractivity (Wildman–Crippen MR) is 87.1 cm³/mol. The Bertz CT molecular complexity index is 590. The number of ether oxygens (including phenoxy) is 1. The number of nitrogens with zero attached hydrogens (tertiary/aromatic N) is 1. The van der Waals surface area contributed by atoms with Gasteiger partial charge in [-0.15, -0.1) is 0 Å². The SMILES string of the molecule is COc1cccc(N(C)CC(O)c2cc(C)cc(C)c2)c1. The maximum atomic E-state index is 10.5. The van der Waals surface area contributed by atoms with Crippen LogP contribution in [0.2, 0.25) is 0 Å². The molecule has 0 bridgehead atoms. The third-order valence-corrected chi connectivity index (χ3v) is 3.57. The van der Waals surface area contributed by atoms with E-state index in [0.29, 0.717) is 6.54 Å². The first-order chi connectivity index (χ1) is 9.99. The molecule has 1 atom stereocenters. The number of benzene rings is 2. The van der Waals surface area contributed by atoms with Crippen molar-refractivity contribution in [3.05, 3.63) is 59.2 Å². The van der Waals surface area contributed by atoms with E-state index in [1.165, 1.54) is 11.1 Å². The van der Waals surface area contributed by atoms with Crippen molar-refractivity contribution in [3.8, 4) is 5.75 Å². The van der Waals surface area contributed by atoms with Gasteiger partial charge in [-0.3, -0.25) is 0 Å². The first kappa shape index (κ1) is 15.4. The van der Waals surface area contributed by atoms with E-state index in [4.69, 9.17) is 4.74 Å². The van der Waals surface area contributed by atoms with Gasteiger partial charge in [0.15, 0.2) is 0 Å². The maximum Gasteiger partial charge on any atom is 0.120 e. The third kappa shape index (κ3) is 3.99. The van der Waals surface area contributed by atoms with Crippen molar-refractivity contribution in [1.82, 2.24) is 0 Å². The molecular weight excluding hydrogens is 262 g/mol. The Hall–Kier alpha value is -2.00. The quantitative estimate of drug-likeness (QED) is 0.913. The van der Waals surface area contributed by atoms with Crippen molar-refractivity contribution >= 4 is 5.69 Å². The van der Waals surface area contributed by atoms with Gasteiger partial charge in [-0.25, -0.2) is 0 Å².